The topological polar surface area (TPSA) is 68.5 Å². The number of rotatable bonds is 7. The van der Waals surface area contributed by atoms with Crippen LogP contribution in [0.15, 0.2) is 4.52 Å². The van der Waals surface area contributed by atoms with Gasteiger partial charge in [-0.15, -0.1) is 0 Å². The predicted molar refractivity (Wildman–Crippen MR) is 82.3 cm³/mol. The number of esters is 1. The van der Waals surface area contributed by atoms with E-state index >= 15 is 0 Å². The summed E-state index contributed by atoms with van der Waals surface area (Å²) in [5.74, 6) is 1.45. The van der Waals surface area contributed by atoms with Crippen molar-refractivity contribution in [3.05, 3.63) is 11.7 Å². The summed E-state index contributed by atoms with van der Waals surface area (Å²) in [7, 11) is 0. The van der Waals surface area contributed by atoms with E-state index in [4.69, 9.17) is 9.26 Å². The molecule has 0 N–H and O–H groups in total. The van der Waals surface area contributed by atoms with Crippen LogP contribution in [0, 0.1) is 5.92 Å². The molecule has 1 aliphatic heterocycles. The quantitative estimate of drug-likeness (QED) is 0.721. The fourth-order valence-corrected chi connectivity index (χ4v) is 2.81. The second kappa shape index (κ2) is 8.27. The first kappa shape index (κ1) is 16.9. The summed E-state index contributed by atoms with van der Waals surface area (Å²) in [4.78, 5) is 18.6. The number of hydrogen-bond acceptors (Lipinski definition) is 6. The van der Waals surface area contributed by atoms with Gasteiger partial charge in [-0.2, -0.15) is 4.98 Å². The van der Waals surface area contributed by atoms with Crippen LogP contribution in [-0.2, 0) is 16.0 Å². The third kappa shape index (κ3) is 4.29. The molecule has 2 heterocycles. The van der Waals surface area contributed by atoms with Crippen molar-refractivity contribution in [2.75, 3.05) is 19.7 Å². The zero-order valence-corrected chi connectivity index (χ0v) is 13.9. The van der Waals surface area contributed by atoms with Gasteiger partial charge in [0.15, 0.2) is 5.82 Å². The lowest BCUT2D eigenvalue weighted by molar-refractivity contribution is -0.149. The monoisotopic (exact) mass is 309 g/mol. The average molecular weight is 309 g/mol. The van der Waals surface area contributed by atoms with E-state index in [9.17, 15) is 4.79 Å². The van der Waals surface area contributed by atoms with Crippen molar-refractivity contribution < 1.29 is 14.1 Å². The molecule has 6 nitrogen and oxygen atoms in total. The molecule has 0 bridgehead atoms. The molecule has 1 aromatic heterocycles. The Bertz CT molecular complexity index is 467. The average Bonchev–Trinajstić information content (AvgIpc) is 3.01. The van der Waals surface area contributed by atoms with Crippen molar-refractivity contribution in [2.45, 2.75) is 58.9 Å². The fraction of sp³-hybridized carbons (Fsp3) is 0.812. The van der Waals surface area contributed by atoms with Gasteiger partial charge in [-0.05, 0) is 46.2 Å². The van der Waals surface area contributed by atoms with Crippen molar-refractivity contribution in [1.29, 1.82) is 0 Å². The smallest absolute Gasteiger partial charge is 0.309 e. The summed E-state index contributed by atoms with van der Waals surface area (Å²) < 4.78 is 10.5. The van der Waals surface area contributed by atoms with Crippen LogP contribution in [0.2, 0.25) is 0 Å². The van der Waals surface area contributed by atoms with Crippen LogP contribution in [0.4, 0.5) is 0 Å². The molecule has 0 amide bonds. The Morgan fingerprint density at radius 3 is 2.77 bits per heavy atom. The predicted octanol–water partition coefficient (Wildman–Crippen LogP) is 2.75. The lowest BCUT2D eigenvalue weighted by Gasteiger charge is -2.33. The number of aromatic nitrogens is 2. The van der Waals surface area contributed by atoms with Crippen molar-refractivity contribution in [3.8, 4) is 0 Å². The fourth-order valence-electron chi connectivity index (χ4n) is 2.81. The highest BCUT2D eigenvalue weighted by atomic mass is 16.5. The summed E-state index contributed by atoms with van der Waals surface area (Å²) in [5, 5.41) is 4.05. The van der Waals surface area contributed by atoms with Crippen molar-refractivity contribution in [2.24, 2.45) is 5.92 Å². The number of aryl methyl sites for hydroxylation is 1. The van der Waals surface area contributed by atoms with E-state index in [-0.39, 0.29) is 17.9 Å². The van der Waals surface area contributed by atoms with Crippen molar-refractivity contribution >= 4 is 5.97 Å². The molecule has 1 unspecified atom stereocenters. The maximum atomic E-state index is 11.8. The van der Waals surface area contributed by atoms with Gasteiger partial charge in [0.2, 0.25) is 5.89 Å². The number of piperidine rings is 1. The maximum Gasteiger partial charge on any atom is 0.309 e. The lowest BCUT2D eigenvalue weighted by atomic mass is 9.96. The highest BCUT2D eigenvalue weighted by Gasteiger charge is 2.30. The van der Waals surface area contributed by atoms with Gasteiger partial charge in [-0.25, -0.2) is 0 Å². The molecular formula is C16H27N3O3. The molecule has 1 fully saturated rings. The normalized spacial score (nSPS) is 18.3. The van der Waals surface area contributed by atoms with Gasteiger partial charge in [0, 0.05) is 6.42 Å². The summed E-state index contributed by atoms with van der Waals surface area (Å²) in [6.45, 7) is 8.26. The number of nitrogens with zero attached hydrogens (tertiary/aromatic N) is 3. The van der Waals surface area contributed by atoms with Gasteiger partial charge in [0.1, 0.15) is 0 Å². The Kier molecular flexibility index (Phi) is 6.36. The molecule has 0 aromatic carbocycles. The minimum Gasteiger partial charge on any atom is -0.466 e. The highest BCUT2D eigenvalue weighted by molar-refractivity contribution is 5.72. The van der Waals surface area contributed by atoms with Crippen molar-refractivity contribution in [3.63, 3.8) is 0 Å². The van der Waals surface area contributed by atoms with E-state index in [0.717, 1.165) is 51.0 Å². The van der Waals surface area contributed by atoms with Crippen LogP contribution < -0.4 is 0 Å². The van der Waals surface area contributed by atoms with E-state index < -0.39 is 0 Å². The number of carbonyl (C=O) groups excluding carboxylic acids is 1. The van der Waals surface area contributed by atoms with Gasteiger partial charge in [-0.1, -0.05) is 18.5 Å². The second-order valence-electron chi connectivity index (χ2n) is 5.89. The second-order valence-corrected chi connectivity index (χ2v) is 5.89. The Labute approximate surface area is 132 Å². The maximum absolute atomic E-state index is 11.8. The number of unbranched alkanes of at least 4 members (excludes halogenated alkanes) is 1. The molecular weight excluding hydrogens is 282 g/mol. The van der Waals surface area contributed by atoms with E-state index in [0.29, 0.717) is 12.5 Å². The number of carbonyl (C=O) groups is 1. The molecule has 1 atom stereocenters. The third-order valence-electron chi connectivity index (χ3n) is 4.29. The molecule has 1 aliphatic rings. The number of hydrogen-bond donors (Lipinski definition) is 0. The van der Waals surface area contributed by atoms with Gasteiger partial charge >= 0.3 is 5.97 Å². The highest BCUT2D eigenvalue weighted by Crippen LogP contribution is 2.26. The molecule has 124 valence electrons. The van der Waals surface area contributed by atoms with E-state index in [1.165, 1.54) is 0 Å². The Hall–Kier alpha value is -1.43. The van der Waals surface area contributed by atoms with Crippen LogP contribution in [0.1, 0.15) is 64.2 Å². The van der Waals surface area contributed by atoms with E-state index in [1.54, 1.807) is 0 Å². The van der Waals surface area contributed by atoms with E-state index in [2.05, 4.69) is 28.9 Å². The van der Waals surface area contributed by atoms with Gasteiger partial charge in [-0.3, -0.25) is 9.69 Å². The minimum absolute atomic E-state index is 0.0335. The molecule has 1 aromatic rings. The van der Waals surface area contributed by atoms with Crippen LogP contribution in [0.25, 0.3) is 0 Å². The molecule has 2 rings (SSSR count). The summed E-state index contributed by atoms with van der Waals surface area (Å²) in [6.07, 6.45) is 4.75. The Morgan fingerprint density at radius 2 is 2.14 bits per heavy atom. The zero-order chi connectivity index (χ0) is 15.9. The van der Waals surface area contributed by atoms with Gasteiger partial charge in [0.05, 0.1) is 18.6 Å². The first-order valence-electron chi connectivity index (χ1n) is 8.38. The number of ether oxygens (including phenoxy) is 1. The van der Waals surface area contributed by atoms with Crippen LogP contribution in [-0.4, -0.2) is 40.7 Å². The molecule has 0 saturated carbocycles. The first-order valence-corrected chi connectivity index (χ1v) is 8.38. The molecule has 0 aliphatic carbocycles. The summed E-state index contributed by atoms with van der Waals surface area (Å²) in [5.41, 5.74) is 0. The molecule has 6 heteroatoms. The molecule has 0 radical (unpaired) electrons. The SMILES string of the molecule is CCCCc1noc(C(C)N2CCC(C(=O)OCC)CC2)n1. The van der Waals surface area contributed by atoms with Crippen molar-refractivity contribution in [1.82, 2.24) is 15.0 Å². The largest absolute Gasteiger partial charge is 0.466 e. The standard InChI is InChI=1S/C16H27N3O3/c1-4-6-7-14-17-15(22-18-14)12(3)19-10-8-13(9-11-19)16(20)21-5-2/h12-13H,4-11H2,1-3H3. The molecule has 22 heavy (non-hydrogen) atoms. The summed E-state index contributed by atoms with van der Waals surface area (Å²) in [6, 6.07) is 0.103. The van der Waals surface area contributed by atoms with Gasteiger partial charge < -0.3 is 9.26 Å². The van der Waals surface area contributed by atoms with Crippen LogP contribution in [0.3, 0.4) is 0 Å². The Balaban J connectivity index is 1.85. The van der Waals surface area contributed by atoms with E-state index in [1.807, 2.05) is 6.92 Å². The third-order valence-corrected chi connectivity index (χ3v) is 4.29. The Morgan fingerprint density at radius 1 is 1.41 bits per heavy atom. The first-order chi connectivity index (χ1) is 10.7. The zero-order valence-electron chi connectivity index (χ0n) is 13.9. The minimum atomic E-state index is -0.0607. The summed E-state index contributed by atoms with van der Waals surface area (Å²) >= 11 is 0. The molecule has 0 spiro atoms. The molecule has 1 saturated heterocycles. The van der Waals surface area contributed by atoms with Crippen LogP contribution >= 0.6 is 0 Å². The number of likely N-dealkylation sites (tertiary alicyclic amines) is 1. The lowest BCUT2D eigenvalue weighted by Crippen LogP contribution is -2.38. The van der Waals surface area contributed by atoms with Crippen LogP contribution in [0.5, 0.6) is 0 Å². The van der Waals surface area contributed by atoms with Gasteiger partial charge in [0.25, 0.3) is 0 Å².